The van der Waals surface area contributed by atoms with Gasteiger partial charge in [0.05, 0.1) is 5.70 Å². The second-order valence-electron chi connectivity index (χ2n) is 3.72. The number of ether oxygens (including phenoxy) is 1. The molecule has 3 rings (SSSR count). The van der Waals surface area contributed by atoms with Crippen molar-refractivity contribution in [1.29, 1.82) is 0 Å². The summed E-state index contributed by atoms with van der Waals surface area (Å²) in [5.74, 6) is 1.18. The van der Waals surface area contributed by atoms with Crippen LogP contribution in [0.15, 0.2) is 16.6 Å². The molecule has 0 spiro atoms. The minimum atomic E-state index is 0.163. The highest BCUT2D eigenvalue weighted by Crippen LogP contribution is 2.44. The third-order valence-electron chi connectivity index (χ3n) is 3.10. The van der Waals surface area contributed by atoms with Crippen LogP contribution in [0.4, 0.5) is 0 Å². The standard InChI is InChI=1S/C9H10N2O2/c12-8-6-3-1-2-5(6)7-9(8)13-4-10-11-7/h4-6,11H,1-3H2. The first-order valence-corrected chi connectivity index (χ1v) is 4.60. The highest BCUT2D eigenvalue weighted by atomic mass is 16.5. The van der Waals surface area contributed by atoms with Crippen LogP contribution in [-0.2, 0) is 9.53 Å². The van der Waals surface area contributed by atoms with Gasteiger partial charge in [0.1, 0.15) is 0 Å². The number of carbonyl (C=O) groups excluding carboxylic acids is 1. The van der Waals surface area contributed by atoms with Crippen LogP contribution in [0.25, 0.3) is 0 Å². The van der Waals surface area contributed by atoms with Crippen LogP contribution in [0.3, 0.4) is 0 Å². The number of nitrogens with zero attached hydrogens (tertiary/aromatic N) is 1. The molecule has 0 saturated heterocycles. The molecule has 3 aliphatic rings. The van der Waals surface area contributed by atoms with Gasteiger partial charge < -0.3 is 4.74 Å². The zero-order valence-electron chi connectivity index (χ0n) is 7.12. The fourth-order valence-electron chi connectivity index (χ4n) is 2.52. The zero-order chi connectivity index (χ0) is 8.84. The molecule has 1 heterocycles. The molecular weight excluding hydrogens is 168 g/mol. The molecule has 2 atom stereocenters. The predicted molar refractivity (Wildman–Crippen MR) is 45.6 cm³/mol. The average molecular weight is 178 g/mol. The summed E-state index contributed by atoms with van der Waals surface area (Å²) in [5.41, 5.74) is 3.80. The fraction of sp³-hybridized carbons (Fsp3) is 0.556. The van der Waals surface area contributed by atoms with Crippen molar-refractivity contribution in [1.82, 2.24) is 5.43 Å². The van der Waals surface area contributed by atoms with Crippen molar-refractivity contribution in [3.8, 4) is 0 Å². The van der Waals surface area contributed by atoms with E-state index in [9.17, 15) is 4.79 Å². The summed E-state index contributed by atoms with van der Waals surface area (Å²) in [6.45, 7) is 0. The highest BCUT2D eigenvalue weighted by Gasteiger charge is 2.46. The first-order valence-electron chi connectivity index (χ1n) is 4.60. The molecule has 1 saturated carbocycles. The second kappa shape index (κ2) is 2.34. The molecule has 2 aliphatic carbocycles. The second-order valence-corrected chi connectivity index (χ2v) is 3.72. The first kappa shape index (κ1) is 7.12. The van der Waals surface area contributed by atoms with Crippen molar-refractivity contribution in [2.45, 2.75) is 19.3 Å². The van der Waals surface area contributed by atoms with Gasteiger partial charge in [-0.1, -0.05) is 6.42 Å². The van der Waals surface area contributed by atoms with Crippen LogP contribution < -0.4 is 5.43 Å². The first-order chi connectivity index (χ1) is 6.38. The van der Waals surface area contributed by atoms with Crippen LogP contribution in [0.5, 0.6) is 0 Å². The van der Waals surface area contributed by atoms with Crippen molar-refractivity contribution in [2.24, 2.45) is 16.9 Å². The van der Waals surface area contributed by atoms with Crippen molar-refractivity contribution in [3.63, 3.8) is 0 Å². The van der Waals surface area contributed by atoms with Crippen LogP contribution in [-0.4, -0.2) is 12.2 Å². The minimum absolute atomic E-state index is 0.163. The Hall–Kier alpha value is -1.32. The van der Waals surface area contributed by atoms with Crippen molar-refractivity contribution >= 4 is 12.2 Å². The Kier molecular flexibility index (Phi) is 1.28. The summed E-state index contributed by atoms with van der Waals surface area (Å²) >= 11 is 0. The number of hydrogen-bond acceptors (Lipinski definition) is 4. The van der Waals surface area contributed by atoms with Crippen LogP contribution in [0.2, 0.25) is 0 Å². The number of hydrazone groups is 1. The summed E-state index contributed by atoms with van der Waals surface area (Å²) in [6, 6.07) is 0. The van der Waals surface area contributed by atoms with Crippen LogP contribution in [0.1, 0.15) is 19.3 Å². The molecule has 0 aromatic rings. The van der Waals surface area contributed by atoms with Gasteiger partial charge in [0, 0.05) is 11.8 Å². The smallest absolute Gasteiger partial charge is 0.203 e. The van der Waals surface area contributed by atoms with E-state index in [2.05, 4.69) is 10.5 Å². The van der Waals surface area contributed by atoms with Gasteiger partial charge in [-0.3, -0.25) is 10.2 Å². The van der Waals surface area contributed by atoms with E-state index in [1.807, 2.05) is 0 Å². The van der Waals surface area contributed by atoms with Crippen molar-refractivity contribution in [3.05, 3.63) is 11.5 Å². The largest absolute Gasteiger partial charge is 0.438 e. The molecule has 0 aromatic carbocycles. The molecule has 4 nitrogen and oxygen atoms in total. The van der Waals surface area contributed by atoms with Gasteiger partial charge in [0.25, 0.3) is 0 Å². The Morgan fingerprint density at radius 1 is 1.46 bits per heavy atom. The SMILES string of the molecule is O=C1C2=C(NN=CO2)C2CCCC12. The summed E-state index contributed by atoms with van der Waals surface area (Å²) in [5, 5.41) is 3.81. The van der Waals surface area contributed by atoms with E-state index >= 15 is 0 Å². The molecule has 0 bridgehead atoms. The number of nitrogens with one attached hydrogen (secondary N) is 1. The number of Topliss-reactive ketones (excluding diaryl/α,β-unsaturated/α-hetero) is 1. The lowest BCUT2D eigenvalue weighted by Gasteiger charge is -2.13. The molecule has 0 amide bonds. The summed E-state index contributed by atoms with van der Waals surface area (Å²) in [4.78, 5) is 11.7. The van der Waals surface area contributed by atoms with E-state index in [-0.39, 0.29) is 11.7 Å². The van der Waals surface area contributed by atoms with Gasteiger partial charge in [0.15, 0.2) is 12.2 Å². The van der Waals surface area contributed by atoms with Gasteiger partial charge in [-0.05, 0) is 12.8 Å². The third kappa shape index (κ3) is 0.802. The van der Waals surface area contributed by atoms with E-state index < -0.39 is 0 Å². The molecule has 1 fully saturated rings. The maximum Gasteiger partial charge on any atom is 0.203 e. The van der Waals surface area contributed by atoms with Crippen molar-refractivity contribution < 1.29 is 9.53 Å². The fourth-order valence-corrected chi connectivity index (χ4v) is 2.52. The lowest BCUT2D eigenvalue weighted by Crippen LogP contribution is -2.17. The number of allylic oxidation sites excluding steroid dienone is 2. The lowest BCUT2D eigenvalue weighted by molar-refractivity contribution is -0.120. The Labute approximate surface area is 75.6 Å². The predicted octanol–water partition coefficient (Wildman–Crippen LogP) is 0.760. The third-order valence-corrected chi connectivity index (χ3v) is 3.10. The van der Waals surface area contributed by atoms with Crippen LogP contribution in [0, 0.1) is 11.8 Å². The zero-order valence-corrected chi connectivity index (χ0v) is 7.12. The average Bonchev–Trinajstić information content (AvgIpc) is 2.72. The van der Waals surface area contributed by atoms with E-state index in [0.29, 0.717) is 11.7 Å². The Morgan fingerprint density at radius 2 is 2.31 bits per heavy atom. The lowest BCUT2D eigenvalue weighted by atomic mass is 9.98. The molecule has 2 unspecified atom stereocenters. The Bertz CT molecular complexity index is 333. The number of fused-ring (bicyclic) bond motifs is 2. The van der Waals surface area contributed by atoms with Crippen LogP contribution >= 0.6 is 0 Å². The van der Waals surface area contributed by atoms with E-state index in [1.54, 1.807) is 0 Å². The molecule has 1 N–H and O–H groups in total. The van der Waals surface area contributed by atoms with Gasteiger partial charge in [-0.2, -0.15) is 0 Å². The monoisotopic (exact) mass is 178 g/mol. The highest BCUT2D eigenvalue weighted by molar-refractivity contribution is 6.00. The van der Waals surface area contributed by atoms with E-state index in [0.717, 1.165) is 25.0 Å². The summed E-state index contributed by atoms with van der Waals surface area (Å²) < 4.78 is 5.13. The molecule has 4 heteroatoms. The van der Waals surface area contributed by atoms with E-state index in [1.165, 1.54) is 6.40 Å². The van der Waals surface area contributed by atoms with E-state index in [4.69, 9.17) is 4.74 Å². The molecule has 13 heavy (non-hydrogen) atoms. The maximum atomic E-state index is 11.7. The number of rotatable bonds is 0. The quantitative estimate of drug-likeness (QED) is 0.595. The summed E-state index contributed by atoms with van der Waals surface area (Å²) in [6.07, 6.45) is 4.52. The molecule has 0 radical (unpaired) electrons. The molecule has 68 valence electrons. The Balaban J connectivity index is 2.02. The Morgan fingerprint density at radius 3 is 3.23 bits per heavy atom. The maximum absolute atomic E-state index is 11.7. The minimum Gasteiger partial charge on any atom is -0.438 e. The number of hydrogen-bond donors (Lipinski definition) is 1. The number of carbonyl (C=O) groups is 1. The normalized spacial score (nSPS) is 35.5. The summed E-state index contributed by atoms with van der Waals surface area (Å²) in [7, 11) is 0. The molecular formula is C9H10N2O2. The van der Waals surface area contributed by atoms with Crippen molar-refractivity contribution in [2.75, 3.05) is 0 Å². The number of ketones is 1. The van der Waals surface area contributed by atoms with Gasteiger partial charge >= 0.3 is 0 Å². The topological polar surface area (TPSA) is 50.7 Å². The molecule has 1 aliphatic heterocycles. The van der Waals surface area contributed by atoms with Gasteiger partial charge in [-0.15, -0.1) is 5.10 Å². The van der Waals surface area contributed by atoms with Gasteiger partial charge in [0.2, 0.25) is 5.78 Å². The van der Waals surface area contributed by atoms with Gasteiger partial charge in [-0.25, -0.2) is 0 Å². The molecule has 0 aromatic heterocycles.